The summed E-state index contributed by atoms with van der Waals surface area (Å²) in [6, 6.07) is 12.4. The molecule has 0 aliphatic heterocycles. The zero-order valence-corrected chi connectivity index (χ0v) is 17.8. The van der Waals surface area contributed by atoms with Gasteiger partial charge in [0.15, 0.2) is 0 Å². The predicted octanol–water partition coefficient (Wildman–Crippen LogP) is 2.80. The van der Waals surface area contributed by atoms with Crippen LogP contribution >= 0.6 is 0 Å². The van der Waals surface area contributed by atoms with E-state index in [9.17, 15) is 32.7 Å². The smallest absolute Gasteiger partial charge is 0.409 e. The van der Waals surface area contributed by atoms with E-state index in [2.05, 4.69) is 0 Å². The molecule has 0 aromatic heterocycles. The van der Waals surface area contributed by atoms with Gasteiger partial charge in [0.1, 0.15) is 12.6 Å². The zero-order chi connectivity index (χ0) is 24.9. The van der Waals surface area contributed by atoms with E-state index in [1.54, 1.807) is 5.32 Å². The number of hydrogen-bond acceptors (Lipinski definition) is 5. The average molecular weight is 480 g/mol. The summed E-state index contributed by atoms with van der Waals surface area (Å²) in [4.78, 5) is 34.5. The van der Waals surface area contributed by atoms with Crippen molar-refractivity contribution in [1.82, 2.24) is 10.6 Å². The van der Waals surface area contributed by atoms with Crippen LogP contribution in [0, 0.1) is 0 Å². The Morgan fingerprint density at radius 3 is 2.06 bits per heavy atom. The number of alkyl halides is 3. The Labute approximate surface area is 192 Å². The summed E-state index contributed by atoms with van der Waals surface area (Å²) in [5, 5.41) is 21.7. The molecule has 2 amide bonds. The molecular formula is C23H23F3N2O6. The highest BCUT2D eigenvalue weighted by atomic mass is 19.4. The fraction of sp³-hybridized carbons (Fsp3) is 0.348. The lowest BCUT2D eigenvalue weighted by Gasteiger charge is -2.22. The van der Waals surface area contributed by atoms with Gasteiger partial charge in [0, 0.05) is 12.5 Å². The number of carbonyl (C=O) groups excluding carboxylic acids is 2. The number of aliphatic hydroxyl groups excluding tert-OH is 1. The second-order valence-electron chi connectivity index (χ2n) is 7.82. The van der Waals surface area contributed by atoms with Crippen LogP contribution in [0.4, 0.5) is 18.0 Å². The average Bonchev–Trinajstić information content (AvgIpc) is 3.08. The first-order valence-corrected chi connectivity index (χ1v) is 10.4. The minimum absolute atomic E-state index is 0.196. The number of hydrogen-bond donors (Lipinski definition) is 4. The third kappa shape index (κ3) is 6.25. The second kappa shape index (κ2) is 10.6. The molecule has 2 aromatic rings. The number of amides is 2. The summed E-state index contributed by atoms with van der Waals surface area (Å²) < 4.78 is 45.2. The molecule has 1 aliphatic rings. The van der Waals surface area contributed by atoms with Gasteiger partial charge >= 0.3 is 18.2 Å². The number of carboxylic acids is 1. The summed E-state index contributed by atoms with van der Waals surface area (Å²) in [6.07, 6.45) is -9.57. The van der Waals surface area contributed by atoms with Crippen LogP contribution in [-0.4, -0.2) is 59.7 Å². The van der Waals surface area contributed by atoms with Crippen molar-refractivity contribution >= 4 is 18.0 Å². The number of fused-ring (bicyclic) bond motifs is 3. The summed E-state index contributed by atoms with van der Waals surface area (Å²) >= 11 is 0. The molecule has 34 heavy (non-hydrogen) atoms. The Morgan fingerprint density at radius 2 is 1.53 bits per heavy atom. The molecule has 0 saturated carbocycles. The summed E-state index contributed by atoms with van der Waals surface area (Å²) in [7, 11) is 0. The number of ether oxygens (including phenoxy) is 1. The van der Waals surface area contributed by atoms with Crippen molar-refractivity contribution in [3.63, 3.8) is 0 Å². The third-order valence-electron chi connectivity index (χ3n) is 5.37. The van der Waals surface area contributed by atoms with E-state index in [4.69, 9.17) is 9.84 Å². The molecule has 0 radical (unpaired) electrons. The number of carbonyl (C=O) groups is 3. The van der Waals surface area contributed by atoms with Crippen LogP contribution in [0.1, 0.15) is 29.9 Å². The normalized spacial score (nSPS) is 14.5. The summed E-state index contributed by atoms with van der Waals surface area (Å²) in [5.41, 5.74) is 3.70. The van der Waals surface area contributed by atoms with Crippen LogP contribution in [0.5, 0.6) is 0 Å². The summed E-state index contributed by atoms with van der Waals surface area (Å²) in [6.45, 7) is -0.737. The van der Waals surface area contributed by atoms with Gasteiger partial charge in [-0.25, -0.2) is 4.79 Å². The molecule has 11 heteroatoms. The SMILES string of the molecule is O=C(O)CC(O)CNC(=O)CC(NC(=O)OCC1c2ccccc2-c2ccccc21)C(F)(F)F. The maximum absolute atomic E-state index is 13.4. The van der Waals surface area contributed by atoms with Crippen LogP contribution in [0.25, 0.3) is 11.1 Å². The van der Waals surface area contributed by atoms with Crippen LogP contribution in [0.2, 0.25) is 0 Å². The second-order valence-corrected chi connectivity index (χ2v) is 7.82. The van der Waals surface area contributed by atoms with Gasteiger partial charge in [-0.1, -0.05) is 48.5 Å². The number of aliphatic hydroxyl groups is 1. The van der Waals surface area contributed by atoms with Gasteiger partial charge < -0.3 is 25.6 Å². The van der Waals surface area contributed by atoms with E-state index < -0.39 is 55.7 Å². The van der Waals surface area contributed by atoms with Crippen LogP contribution < -0.4 is 10.6 Å². The van der Waals surface area contributed by atoms with E-state index in [0.717, 1.165) is 22.3 Å². The fourth-order valence-corrected chi connectivity index (χ4v) is 3.79. The minimum Gasteiger partial charge on any atom is -0.481 e. The lowest BCUT2D eigenvalue weighted by molar-refractivity contribution is -0.160. The first-order valence-electron chi connectivity index (χ1n) is 10.4. The number of aliphatic carboxylic acids is 1. The Hall–Kier alpha value is -3.60. The standard InChI is InChI=1S/C23H23F3N2O6/c24-23(25,26)19(10-20(30)27-11-13(29)9-21(31)32)28-22(33)34-12-18-16-7-3-1-5-14(16)15-6-2-4-8-17(15)18/h1-8,13,18-19,29H,9-12H2,(H,27,30)(H,28,33)(H,31,32). The molecule has 3 rings (SSSR count). The van der Waals surface area contributed by atoms with E-state index in [1.807, 2.05) is 53.8 Å². The highest BCUT2D eigenvalue weighted by molar-refractivity contribution is 5.79. The first-order chi connectivity index (χ1) is 16.1. The zero-order valence-electron chi connectivity index (χ0n) is 17.8. The molecule has 0 spiro atoms. The molecule has 2 unspecified atom stereocenters. The van der Waals surface area contributed by atoms with E-state index in [0.29, 0.717) is 0 Å². The van der Waals surface area contributed by atoms with E-state index in [-0.39, 0.29) is 12.5 Å². The third-order valence-corrected chi connectivity index (χ3v) is 5.37. The van der Waals surface area contributed by atoms with Crippen molar-refractivity contribution < 1.29 is 42.5 Å². The van der Waals surface area contributed by atoms with E-state index in [1.165, 1.54) is 0 Å². The fourth-order valence-electron chi connectivity index (χ4n) is 3.79. The number of benzene rings is 2. The molecule has 2 aromatic carbocycles. The van der Waals surface area contributed by atoms with Crippen molar-refractivity contribution in [3.8, 4) is 11.1 Å². The molecule has 2 atom stereocenters. The maximum Gasteiger partial charge on any atom is 0.409 e. The van der Waals surface area contributed by atoms with Crippen molar-refractivity contribution in [1.29, 1.82) is 0 Å². The Kier molecular flexibility index (Phi) is 7.77. The maximum atomic E-state index is 13.4. The Balaban J connectivity index is 1.58. The number of rotatable bonds is 9. The largest absolute Gasteiger partial charge is 0.481 e. The molecule has 0 saturated heterocycles. The quantitative estimate of drug-likeness (QED) is 0.438. The van der Waals surface area contributed by atoms with Gasteiger partial charge in [0.05, 0.1) is 18.9 Å². The number of nitrogens with one attached hydrogen (secondary N) is 2. The highest BCUT2D eigenvalue weighted by Crippen LogP contribution is 2.44. The molecule has 1 aliphatic carbocycles. The molecule has 182 valence electrons. The van der Waals surface area contributed by atoms with Crippen molar-refractivity contribution in [3.05, 3.63) is 59.7 Å². The Bertz CT molecular complexity index is 1010. The van der Waals surface area contributed by atoms with Crippen LogP contribution in [-0.2, 0) is 14.3 Å². The molecule has 0 bridgehead atoms. The van der Waals surface area contributed by atoms with Gasteiger partial charge in [0.25, 0.3) is 0 Å². The topological polar surface area (TPSA) is 125 Å². The Morgan fingerprint density at radius 1 is 0.971 bits per heavy atom. The predicted molar refractivity (Wildman–Crippen MR) is 114 cm³/mol. The highest BCUT2D eigenvalue weighted by Gasteiger charge is 2.42. The van der Waals surface area contributed by atoms with Gasteiger partial charge in [-0.3, -0.25) is 9.59 Å². The lowest BCUT2D eigenvalue weighted by atomic mass is 9.98. The van der Waals surface area contributed by atoms with Gasteiger partial charge in [-0.2, -0.15) is 13.2 Å². The monoisotopic (exact) mass is 480 g/mol. The molecule has 0 heterocycles. The van der Waals surface area contributed by atoms with Crippen LogP contribution in [0.15, 0.2) is 48.5 Å². The first kappa shape index (κ1) is 25.0. The molecular weight excluding hydrogens is 457 g/mol. The lowest BCUT2D eigenvalue weighted by Crippen LogP contribution is -2.49. The van der Waals surface area contributed by atoms with E-state index >= 15 is 0 Å². The minimum atomic E-state index is -4.94. The summed E-state index contributed by atoms with van der Waals surface area (Å²) in [5.74, 6) is -2.79. The molecule has 0 fully saturated rings. The van der Waals surface area contributed by atoms with Gasteiger partial charge in [0.2, 0.25) is 5.91 Å². The van der Waals surface area contributed by atoms with Crippen molar-refractivity contribution in [2.75, 3.05) is 13.2 Å². The molecule has 4 N–H and O–H groups in total. The number of alkyl carbamates (subject to hydrolysis) is 1. The van der Waals surface area contributed by atoms with Gasteiger partial charge in [-0.15, -0.1) is 0 Å². The van der Waals surface area contributed by atoms with Crippen LogP contribution in [0.3, 0.4) is 0 Å². The molecule has 8 nitrogen and oxygen atoms in total. The number of halogens is 3. The van der Waals surface area contributed by atoms with Gasteiger partial charge in [-0.05, 0) is 22.3 Å². The van der Waals surface area contributed by atoms with Crippen molar-refractivity contribution in [2.45, 2.75) is 37.1 Å². The van der Waals surface area contributed by atoms with Crippen molar-refractivity contribution in [2.24, 2.45) is 0 Å². The number of carboxylic acid groups (broad SMARTS) is 1.